The van der Waals surface area contributed by atoms with Crippen molar-refractivity contribution in [1.29, 1.82) is 0 Å². The molecule has 14 heavy (non-hydrogen) atoms. The van der Waals surface area contributed by atoms with Gasteiger partial charge >= 0.3 is 0 Å². The van der Waals surface area contributed by atoms with E-state index in [0.29, 0.717) is 39.9 Å². The van der Waals surface area contributed by atoms with Crippen LogP contribution in [0.25, 0.3) is 0 Å². The number of carbonyl (C=O) groups excluding carboxylic acids is 1. The molecule has 0 aromatic heterocycles. The van der Waals surface area contributed by atoms with Crippen LogP contribution in [0.4, 0.5) is 4.39 Å². The summed E-state index contributed by atoms with van der Waals surface area (Å²) in [5, 5.41) is 0.339. The lowest BCUT2D eigenvalue weighted by Crippen LogP contribution is -2.13. The van der Waals surface area contributed by atoms with Crippen molar-refractivity contribution in [1.82, 2.24) is 0 Å². The summed E-state index contributed by atoms with van der Waals surface area (Å²) in [6, 6.07) is 1.32. The van der Waals surface area contributed by atoms with Gasteiger partial charge in [-0.15, -0.1) is 0 Å². The highest BCUT2D eigenvalue weighted by molar-refractivity contribution is 9.10. The Kier molecular flexibility index (Phi) is 2.62. The Balaban J connectivity index is 2.73. The van der Waals surface area contributed by atoms with Gasteiger partial charge in [0.15, 0.2) is 5.78 Å². The molecule has 0 N–H and O–H groups in total. The zero-order valence-corrected chi connectivity index (χ0v) is 9.58. The van der Waals surface area contributed by atoms with Gasteiger partial charge in [0.2, 0.25) is 0 Å². The summed E-state index contributed by atoms with van der Waals surface area (Å²) in [7, 11) is 0. The van der Waals surface area contributed by atoms with Crippen LogP contribution in [0.3, 0.4) is 0 Å². The molecule has 0 amide bonds. The number of rotatable bonds is 0. The predicted molar refractivity (Wildman–Crippen MR) is 56.4 cm³/mol. The van der Waals surface area contributed by atoms with Gasteiger partial charge in [-0.1, -0.05) is 11.6 Å². The van der Waals surface area contributed by atoms with E-state index in [-0.39, 0.29) is 11.6 Å². The van der Waals surface area contributed by atoms with Gasteiger partial charge in [-0.25, -0.2) is 4.39 Å². The van der Waals surface area contributed by atoms with Gasteiger partial charge in [-0.05, 0) is 34.8 Å². The van der Waals surface area contributed by atoms with E-state index < -0.39 is 0 Å². The lowest BCUT2D eigenvalue weighted by Gasteiger charge is -2.17. The summed E-state index contributed by atoms with van der Waals surface area (Å²) >= 11 is 9.07. The standard InChI is InChI=1S/C10H7BrClFO/c11-6-4-7(13)5-2-1-3-8(14)9(5)10(6)12/h4H,1-3H2. The first kappa shape index (κ1) is 10.1. The van der Waals surface area contributed by atoms with E-state index in [4.69, 9.17) is 11.6 Å². The molecule has 0 heterocycles. The SMILES string of the molecule is O=C1CCCc2c(F)cc(Br)c(Cl)c21. The second-order valence-electron chi connectivity index (χ2n) is 3.28. The number of benzene rings is 1. The molecule has 0 fully saturated rings. The van der Waals surface area contributed by atoms with E-state index in [1.165, 1.54) is 6.07 Å². The number of fused-ring (bicyclic) bond motifs is 1. The second kappa shape index (κ2) is 3.63. The first-order chi connectivity index (χ1) is 6.61. The van der Waals surface area contributed by atoms with Crippen molar-refractivity contribution < 1.29 is 9.18 Å². The Morgan fingerprint density at radius 1 is 1.43 bits per heavy atom. The third-order valence-electron chi connectivity index (χ3n) is 2.38. The topological polar surface area (TPSA) is 17.1 Å². The molecular formula is C10H7BrClFO. The van der Waals surface area contributed by atoms with E-state index in [1.54, 1.807) is 0 Å². The predicted octanol–water partition coefficient (Wildman–Crippen LogP) is 3.76. The lowest BCUT2D eigenvalue weighted by molar-refractivity contribution is 0.0971. The van der Waals surface area contributed by atoms with E-state index in [2.05, 4.69) is 15.9 Å². The molecule has 0 saturated carbocycles. The average molecular weight is 278 g/mol. The summed E-state index contributed by atoms with van der Waals surface area (Å²) in [5.74, 6) is -0.402. The fourth-order valence-corrected chi connectivity index (χ4v) is 2.39. The van der Waals surface area contributed by atoms with Gasteiger partial charge in [0.05, 0.1) is 5.02 Å². The minimum absolute atomic E-state index is 0.0588. The van der Waals surface area contributed by atoms with Gasteiger partial charge in [0, 0.05) is 22.0 Å². The molecule has 74 valence electrons. The van der Waals surface area contributed by atoms with Crippen LogP contribution in [-0.4, -0.2) is 5.78 Å². The van der Waals surface area contributed by atoms with Crippen LogP contribution in [0.1, 0.15) is 28.8 Å². The maximum atomic E-state index is 13.4. The van der Waals surface area contributed by atoms with Crippen molar-refractivity contribution in [3.8, 4) is 0 Å². The molecule has 0 unspecified atom stereocenters. The molecule has 1 aromatic rings. The molecule has 1 aliphatic rings. The highest BCUT2D eigenvalue weighted by Gasteiger charge is 2.24. The maximum Gasteiger partial charge on any atom is 0.164 e. The number of halogens is 3. The number of ketones is 1. The normalized spacial score (nSPS) is 15.5. The Hall–Kier alpha value is -0.410. The molecule has 0 spiro atoms. The highest BCUT2D eigenvalue weighted by atomic mass is 79.9. The molecule has 0 atom stereocenters. The van der Waals surface area contributed by atoms with Crippen molar-refractivity contribution in [3.05, 3.63) is 32.5 Å². The number of Topliss-reactive ketones (excluding diaryl/α,β-unsaturated/α-hetero) is 1. The third kappa shape index (κ3) is 1.48. The number of hydrogen-bond acceptors (Lipinski definition) is 1. The van der Waals surface area contributed by atoms with Crippen LogP contribution in [0.5, 0.6) is 0 Å². The summed E-state index contributed by atoms with van der Waals surface area (Å²) in [6.07, 6.45) is 1.77. The van der Waals surface area contributed by atoms with Crippen molar-refractivity contribution >= 4 is 33.3 Å². The van der Waals surface area contributed by atoms with Crippen molar-refractivity contribution in [3.63, 3.8) is 0 Å². The van der Waals surface area contributed by atoms with E-state index in [1.807, 2.05) is 0 Å². The molecule has 1 nitrogen and oxygen atoms in total. The minimum atomic E-state index is -0.343. The van der Waals surface area contributed by atoms with Crippen LogP contribution >= 0.6 is 27.5 Å². The molecule has 0 radical (unpaired) electrons. The largest absolute Gasteiger partial charge is 0.294 e. The molecule has 0 aliphatic heterocycles. The van der Waals surface area contributed by atoms with Crippen LogP contribution in [-0.2, 0) is 6.42 Å². The lowest BCUT2D eigenvalue weighted by atomic mass is 9.90. The molecule has 0 bridgehead atoms. The Morgan fingerprint density at radius 3 is 2.86 bits per heavy atom. The summed E-state index contributed by atoms with van der Waals surface area (Å²) in [4.78, 5) is 11.5. The zero-order chi connectivity index (χ0) is 10.3. The molecule has 1 aromatic carbocycles. The Labute approximate surface area is 94.4 Å². The van der Waals surface area contributed by atoms with Crippen LogP contribution in [0.15, 0.2) is 10.5 Å². The van der Waals surface area contributed by atoms with Crippen molar-refractivity contribution in [2.24, 2.45) is 0 Å². The smallest absolute Gasteiger partial charge is 0.164 e. The Morgan fingerprint density at radius 2 is 2.14 bits per heavy atom. The van der Waals surface area contributed by atoms with Crippen LogP contribution in [0.2, 0.25) is 5.02 Å². The van der Waals surface area contributed by atoms with E-state index >= 15 is 0 Å². The summed E-state index contributed by atoms with van der Waals surface area (Å²) in [5.41, 5.74) is 0.833. The van der Waals surface area contributed by atoms with Gasteiger partial charge in [0.25, 0.3) is 0 Å². The van der Waals surface area contributed by atoms with Crippen LogP contribution < -0.4 is 0 Å². The van der Waals surface area contributed by atoms with Crippen LogP contribution in [0, 0.1) is 5.82 Å². The number of hydrogen-bond donors (Lipinski definition) is 0. The van der Waals surface area contributed by atoms with Gasteiger partial charge in [-0.3, -0.25) is 4.79 Å². The van der Waals surface area contributed by atoms with Crippen molar-refractivity contribution in [2.75, 3.05) is 0 Å². The second-order valence-corrected chi connectivity index (χ2v) is 4.52. The molecule has 2 rings (SSSR count). The first-order valence-electron chi connectivity index (χ1n) is 4.31. The quantitative estimate of drug-likeness (QED) is 0.660. The zero-order valence-electron chi connectivity index (χ0n) is 7.24. The maximum absolute atomic E-state index is 13.4. The molecule has 0 saturated heterocycles. The highest BCUT2D eigenvalue weighted by Crippen LogP contribution is 2.35. The fourth-order valence-electron chi connectivity index (χ4n) is 1.72. The minimum Gasteiger partial charge on any atom is -0.294 e. The summed E-state index contributed by atoms with van der Waals surface area (Å²) < 4.78 is 13.9. The van der Waals surface area contributed by atoms with Gasteiger partial charge in [0.1, 0.15) is 5.82 Å². The van der Waals surface area contributed by atoms with Gasteiger partial charge < -0.3 is 0 Å². The average Bonchev–Trinajstić information content (AvgIpc) is 2.14. The first-order valence-corrected chi connectivity index (χ1v) is 5.48. The molecule has 1 aliphatic carbocycles. The van der Waals surface area contributed by atoms with Crippen molar-refractivity contribution in [2.45, 2.75) is 19.3 Å². The fraction of sp³-hybridized carbons (Fsp3) is 0.300. The summed E-state index contributed by atoms with van der Waals surface area (Å²) in [6.45, 7) is 0. The Bertz CT molecular complexity index is 417. The molecule has 4 heteroatoms. The monoisotopic (exact) mass is 276 g/mol. The molecular weight excluding hydrogens is 270 g/mol. The number of carbonyl (C=O) groups is 1. The van der Waals surface area contributed by atoms with Gasteiger partial charge in [-0.2, -0.15) is 0 Å². The third-order valence-corrected chi connectivity index (χ3v) is 3.63. The van der Waals surface area contributed by atoms with E-state index in [0.717, 1.165) is 0 Å². The van der Waals surface area contributed by atoms with E-state index in [9.17, 15) is 9.18 Å².